The summed E-state index contributed by atoms with van der Waals surface area (Å²) >= 11 is 0. The predicted octanol–water partition coefficient (Wildman–Crippen LogP) is 11.2. The van der Waals surface area contributed by atoms with Crippen LogP contribution in [0.15, 0.2) is 187 Å². The number of ether oxygens (including phenoxy) is 5. The number of anilines is 1. The fourth-order valence-electron chi connectivity index (χ4n) is 9.25. The lowest BCUT2D eigenvalue weighted by Crippen LogP contribution is -2.46. The summed E-state index contributed by atoms with van der Waals surface area (Å²) < 4.78 is 31.4. The van der Waals surface area contributed by atoms with Crippen LogP contribution in [0.4, 0.5) is 10.6 Å². The summed E-state index contributed by atoms with van der Waals surface area (Å²) in [6.07, 6.45) is 0.965. The third-order valence-electron chi connectivity index (χ3n) is 12.8. The predicted molar refractivity (Wildman–Crippen MR) is 283 cm³/mol. The lowest BCUT2D eigenvalue weighted by molar-refractivity contribution is -0.140. The Bertz CT molecular complexity index is 2830. The molecule has 8 rings (SSSR count). The molecule has 1 saturated heterocycles. The van der Waals surface area contributed by atoms with Gasteiger partial charge in [-0.2, -0.15) is 4.98 Å². The van der Waals surface area contributed by atoms with Gasteiger partial charge in [-0.1, -0.05) is 166 Å². The highest BCUT2D eigenvalue weighted by molar-refractivity contribution is 5.80. The van der Waals surface area contributed by atoms with Gasteiger partial charge in [-0.15, -0.1) is 0 Å². The molecular formula is C60H66N4O9. The fourth-order valence-corrected chi connectivity index (χ4v) is 9.25. The normalized spacial score (nSPS) is 16.1. The maximum atomic E-state index is 14.1. The van der Waals surface area contributed by atoms with E-state index >= 15 is 0 Å². The minimum atomic E-state index is -1.06. The Balaban J connectivity index is 0.000000452. The zero-order chi connectivity index (χ0) is 52.2. The quantitative estimate of drug-likeness (QED) is 0.0745. The van der Waals surface area contributed by atoms with Gasteiger partial charge in [0.15, 0.2) is 0 Å². The van der Waals surface area contributed by atoms with Crippen molar-refractivity contribution < 1.29 is 38.4 Å². The lowest BCUT2D eigenvalue weighted by Gasteiger charge is -2.37. The summed E-state index contributed by atoms with van der Waals surface area (Å²) in [4.78, 5) is 40.8. The van der Waals surface area contributed by atoms with Crippen molar-refractivity contribution in [1.29, 1.82) is 0 Å². The van der Waals surface area contributed by atoms with Crippen LogP contribution < -0.4 is 25.8 Å². The number of benzene rings is 6. The second kappa shape index (κ2) is 23.7. The van der Waals surface area contributed by atoms with Crippen molar-refractivity contribution >= 4 is 17.9 Å². The zero-order valence-corrected chi connectivity index (χ0v) is 42.7. The average molecular weight is 987 g/mol. The first-order valence-electron chi connectivity index (χ1n) is 24.5. The summed E-state index contributed by atoms with van der Waals surface area (Å²) in [6.45, 7) is 11.0. The van der Waals surface area contributed by atoms with Crippen LogP contribution in [0.2, 0.25) is 0 Å². The molecule has 1 aliphatic rings. The van der Waals surface area contributed by atoms with Gasteiger partial charge in [0, 0.05) is 12.1 Å². The zero-order valence-electron chi connectivity index (χ0n) is 42.7. The van der Waals surface area contributed by atoms with Gasteiger partial charge in [0.1, 0.15) is 46.3 Å². The first-order valence-corrected chi connectivity index (χ1v) is 24.5. The molecule has 13 heteroatoms. The molecule has 380 valence electrons. The van der Waals surface area contributed by atoms with Crippen molar-refractivity contribution in [2.45, 2.75) is 83.1 Å². The minimum Gasteiger partial charge on any atom is -0.497 e. The van der Waals surface area contributed by atoms with Crippen molar-refractivity contribution in [3.8, 4) is 11.5 Å². The van der Waals surface area contributed by atoms with E-state index in [1.165, 1.54) is 0 Å². The molecule has 1 fully saturated rings. The van der Waals surface area contributed by atoms with E-state index in [4.69, 9.17) is 28.8 Å². The number of carboxylic acids is 1. The van der Waals surface area contributed by atoms with Crippen LogP contribution in [-0.4, -0.2) is 65.3 Å². The summed E-state index contributed by atoms with van der Waals surface area (Å²) in [5.41, 5.74) is 3.06. The number of rotatable bonds is 17. The van der Waals surface area contributed by atoms with Gasteiger partial charge in [0.2, 0.25) is 0 Å². The van der Waals surface area contributed by atoms with E-state index in [2.05, 4.69) is 83.2 Å². The summed E-state index contributed by atoms with van der Waals surface area (Å²) in [7, 11) is 3.32. The van der Waals surface area contributed by atoms with Crippen LogP contribution in [0.1, 0.15) is 87.6 Å². The largest absolute Gasteiger partial charge is 0.497 e. The highest BCUT2D eigenvalue weighted by Gasteiger charge is 2.42. The number of carbonyl (C=O) groups is 2. The molecule has 4 unspecified atom stereocenters. The number of hydrogen-bond acceptors (Lipinski definition) is 10. The summed E-state index contributed by atoms with van der Waals surface area (Å²) in [5, 5.41) is 14.8. The molecule has 0 spiro atoms. The van der Waals surface area contributed by atoms with E-state index in [9.17, 15) is 14.4 Å². The molecule has 0 saturated carbocycles. The molecule has 7 aromatic rings. The number of amides is 1. The van der Waals surface area contributed by atoms with Crippen LogP contribution in [0.3, 0.4) is 0 Å². The number of carbonyl (C=O) groups excluding carboxylic acids is 1. The van der Waals surface area contributed by atoms with Crippen LogP contribution in [-0.2, 0) is 30.1 Å². The first-order chi connectivity index (χ1) is 35.1. The van der Waals surface area contributed by atoms with E-state index in [-0.39, 0.29) is 24.5 Å². The van der Waals surface area contributed by atoms with Gasteiger partial charge in [0.05, 0.1) is 26.9 Å². The third-order valence-corrected chi connectivity index (χ3v) is 12.8. The number of nitrogens with zero attached hydrogens (tertiary/aromatic N) is 2. The van der Waals surface area contributed by atoms with Gasteiger partial charge in [-0.05, 0) is 96.8 Å². The number of alkyl carbamates (subject to hydrolysis) is 1. The molecule has 0 aliphatic carbocycles. The fraction of sp³-hybridized carbons (Fsp3) is 0.300. The molecule has 1 aromatic heterocycles. The Labute approximate surface area is 428 Å². The number of aromatic nitrogens is 2. The van der Waals surface area contributed by atoms with Gasteiger partial charge in [0.25, 0.3) is 0 Å². The van der Waals surface area contributed by atoms with Gasteiger partial charge >= 0.3 is 17.8 Å². The number of aliphatic carboxylic acids is 1. The number of nitrogens with one attached hydrogen (secondary N) is 2. The Morgan fingerprint density at radius 3 is 1.55 bits per heavy atom. The minimum absolute atomic E-state index is 0.0165. The Kier molecular flexibility index (Phi) is 17.2. The van der Waals surface area contributed by atoms with E-state index in [0.29, 0.717) is 12.2 Å². The molecular weight excluding hydrogens is 921 g/mol. The summed E-state index contributed by atoms with van der Waals surface area (Å²) in [6, 6.07) is 57.9. The van der Waals surface area contributed by atoms with Crippen LogP contribution in [0.5, 0.6) is 11.5 Å². The van der Waals surface area contributed by atoms with Crippen LogP contribution in [0, 0.1) is 11.8 Å². The highest BCUT2D eigenvalue weighted by Crippen LogP contribution is 2.44. The second-order valence-corrected chi connectivity index (χ2v) is 19.4. The Morgan fingerprint density at radius 1 is 0.685 bits per heavy atom. The molecule has 4 atom stereocenters. The van der Waals surface area contributed by atoms with Crippen LogP contribution >= 0.6 is 0 Å². The molecule has 1 aliphatic heterocycles. The summed E-state index contributed by atoms with van der Waals surface area (Å²) in [5.74, 6) is 0.723. The molecule has 1 amide bonds. The lowest BCUT2D eigenvalue weighted by atomic mass is 9.77. The molecule has 0 bridgehead atoms. The topological polar surface area (TPSA) is 159 Å². The molecule has 0 radical (unpaired) electrons. The van der Waals surface area contributed by atoms with Crippen LogP contribution in [0.25, 0.3) is 0 Å². The highest BCUT2D eigenvalue weighted by atomic mass is 16.6. The first kappa shape index (κ1) is 53.1. The standard InChI is InChI=1S/C50H47N3O5.C10H19NO4/c1-36-34-45(35-57-50(40-20-12-6-13-21-40,41-22-14-7-15-23-41)42-26-30-44(56-3)31-27-42)58-47(36)53-33-32-46(51-48(53)54)52-49(37-16-8-4-9-17-37,38-18-10-5-11-19-38)39-24-28-43(55-2)29-25-39;1-6(2)7(8(12)13)11-9(14)15-10(3,4)5/h4-33,36,45,47H,34-35H2,1-3H3,(H,51,52,54);6-7H,1-5H3,(H,11,14)(H,12,13). The maximum Gasteiger partial charge on any atom is 0.408 e. The molecule has 73 heavy (non-hydrogen) atoms. The number of carboxylic acid groups (broad SMARTS) is 1. The van der Waals surface area contributed by atoms with Crippen molar-refractivity contribution in [1.82, 2.24) is 14.9 Å². The Morgan fingerprint density at radius 2 is 1.12 bits per heavy atom. The van der Waals surface area contributed by atoms with Gasteiger partial charge in [-0.3, -0.25) is 4.57 Å². The second-order valence-electron chi connectivity index (χ2n) is 19.4. The molecule has 6 aromatic carbocycles. The third kappa shape index (κ3) is 12.5. The average Bonchev–Trinajstić information content (AvgIpc) is 3.77. The monoisotopic (exact) mass is 986 g/mol. The Hall–Kier alpha value is -7.74. The molecule has 13 nitrogen and oxygen atoms in total. The smallest absolute Gasteiger partial charge is 0.408 e. The van der Waals surface area contributed by atoms with Crippen molar-refractivity contribution in [3.05, 3.63) is 226 Å². The van der Waals surface area contributed by atoms with Crippen molar-refractivity contribution in [3.63, 3.8) is 0 Å². The SMILES string of the molecule is CC(C)C(NC(=O)OC(C)(C)C)C(=O)O.COc1ccc(C(Nc2ccn(C3OC(COC(c4ccccc4)(c4ccccc4)c4ccc(OC)cc4)CC3C)c(=O)n2)(c2ccccc2)c2ccccc2)cc1. The maximum absolute atomic E-state index is 14.1. The van der Waals surface area contributed by atoms with Crippen molar-refractivity contribution in [2.24, 2.45) is 11.8 Å². The van der Waals surface area contributed by atoms with E-state index < -0.39 is 46.8 Å². The van der Waals surface area contributed by atoms with E-state index in [0.717, 1.165) is 44.9 Å². The number of methoxy groups -OCH3 is 2. The van der Waals surface area contributed by atoms with E-state index in [1.807, 2.05) is 115 Å². The van der Waals surface area contributed by atoms with E-state index in [1.54, 1.807) is 59.6 Å². The number of hydrogen-bond donors (Lipinski definition) is 3. The van der Waals surface area contributed by atoms with Gasteiger partial charge in [-0.25, -0.2) is 14.4 Å². The van der Waals surface area contributed by atoms with Crippen molar-refractivity contribution in [2.75, 3.05) is 26.1 Å². The molecule has 2 heterocycles. The van der Waals surface area contributed by atoms with Gasteiger partial charge < -0.3 is 39.4 Å². The molecule has 3 N–H and O–H groups in total.